The van der Waals surface area contributed by atoms with E-state index in [0.29, 0.717) is 5.92 Å². The van der Waals surface area contributed by atoms with Gasteiger partial charge in [-0.1, -0.05) is 15.9 Å². The fourth-order valence-electron chi connectivity index (χ4n) is 3.15. The molecule has 1 aromatic heterocycles. The van der Waals surface area contributed by atoms with Crippen LogP contribution in [-0.2, 0) is 4.74 Å². The van der Waals surface area contributed by atoms with Crippen LogP contribution in [0.5, 0.6) is 0 Å². The number of carbonyl (C=O) groups excluding carboxylic acids is 1. The Morgan fingerprint density at radius 3 is 2.65 bits per heavy atom. The number of carbonyl (C=O) groups is 1. The number of nitrogens with zero attached hydrogens (tertiary/aromatic N) is 1. The van der Waals surface area contributed by atoms with Crippen LogP contribution >= 0.6 is 15.9 Å². The van der Waals surface area contributed by atoms with Crippen molar-refractivity contribution in [3.8, 4) is 0 Å². The van der Waals surface area contributed by atoms with Crippen molar-refractivity contribution in [3.05, 3.63) is 34.4 Å². The Morgan fingerprint density at radius 2 is 2.00 bits per heavy atom. The van der Waals surface area contributed by atoms with Crippen LogP contribution in [0.15, 0.2) is 28.9 Å². The minimum absolute atomic E-state index is 0.197. The van der Waals surface area contributed by atoms with Gasteiger partial charge in [0.15, 0.2) is 0 Å². The number of ether oxygens (including phenoxy) is 1. The molecule has 1 amide bonds. The number of benzene rings is 1. The first-order valence-electron chi connectivity index (χ1n) is 8.08. The van der Waals surface area contributed by atoms with Crippen LogP contribution in [0.3, 0.4) is 0 Å². The van der Waals surface area contributed by atoms with E-state index in [9.17, 15) is 4.79 Å². The van der Waals surface area contributed by atoms with E-state index in [-0.39, 0.29) is 6.09 Å². The molecule has 0 spiro atoms. The van der Waals surface area contributed by atoms with Gasteiger partial charge in [0, 0.05) is 34.7 Å². The summed E-state index contributed by atoms with van der Waals surface area (Å²) in [7, 11) is 0. The van der Waals surface area contributed by atoms with Crippen molar-refractivity contribution in [2.75, 3.05) is 13.1 Å². The zero-order valence-electron chi connectivity index (χ0n) is 13.9. The number of likely N-dealkylation sites (tertiary alicyclic amines) is 1. The van der Waals surface area contributed by atoms with Crippen molar-refractivity contribution in [2.45, 2.75) is 45.1 Å². The standard InChI is InChI=1S/C18H23BrN2O2/c1-18(2,3)23-17(22)21-8-6-12(7-9-21)15-11-20-16-5-4-13(19)10-14(15)16/h4-5,10-12,20H,6-9H2,1-3H3. The lowest BCUT2D eigenvalue weighted by molar-refractivity contribution is 0.0205. The van der Waals surface area contributed by atoms with Crippen molar-refractivity contribution in [1.29, 1.82) is 0 Å². The zero-order chi connectivity index (χ0) is 16.6. The maximum atomic E-state index is 12.2. The highest BCUT2D eigenvalue weighted by molar-refractivity contribution is 9.10. The molecule has 1 aromatic carbocycles. The van der Waals surface area contributed by atoms with Gasteiger partial charge in [-0.15, -0.1) is 0 Å². The Hall–Kier alpha value is -1.49. The highest BCUT2D eigenvalue weighted by Gasteiger charge is 2.28. The monoisotopic (exact) mass is 378 g/mol. The molecular formula is C18H23BrN2O2. The van der Waals surface area contributed by atoms with E-state index >= 15 is 0 Å². The lowest BCUT2D eigenvalue weighted by Gasteiger charge is -2.33. The molecule has 0 saturated carbocycles. The number of aromatic amines is 1. The highest BCUT2D eigenvalue weighted by atomic mass is 79.9. The van der Waals surface area contributed by atoms with Crippen LogP contribution < -0.4 is 0 Å². The predicted octanol–water partition coefficient (Wildman–Crippen LogP) is 5.04. The molecule has 4 nitrogen and oxygen atoms in total. The highest BCUT2D eigenvalue weighted by Crippen LogP contribution is 2.34. The number of hydrogen-bond donors (Lipinski definition) is 1. The molecule has 23 heavy (non-hydrogen) atoms. The molecule has 0 atom stereocenters. The third-order valence-electron chi connectivity index (χ3n) is 4.26. The molecule has 1 N–H and O–H groups in total. The second-order valence-corrected chi connectivity index (χ2v) is 8.09. The number of halogens is 1. The average Bonchev–Trinajstić information content (AvgIpc) is 2.88. The minimum Gasteiger partial charge on any atom is -0.444 e. The van der Waals surface area contributed by atoms with Crippen molar-refractivity contribution >= 4 is 32.9 Å². The predicted molar refractivity (Wildman–Crippen MR) is 95.8 cm³/mol. The van der Waals surface area contributed by atoms with Gasteiger partial charge in [-0.05, 0) is 63.3 Å². The Balaban J connectivity index is 1.69. The van der Waals surface area contributed by atoms with Gasteiger partial charge in [0.05, 0.1) is 0 Å². The molecule has 1 fully saturated rings. The molecule has 5 heteroatoms. The molecule has 3 rings (SSSR count). The molecule has 1 aliphatic rings. The second-order valence-electron chi connectivity index (χ2n) is 7.18. The van der Waals surface area contributed by atoms with Gasteiger partial charge in [0.25, 0.3) is 0 Å². The van der Waals surface area contributed by atoms with Gasteiger partial charge in [-0.2, -0.15) is 0 Å². The quantitative estimate of drug-likeness (QED) is 0.754. The molecule has 0 bridgehead atoms. The molecule has 0 radical (unpaired) electrons. The minimum atomic E-state index is -0.433. The second kappa shape index (κ2) is 6.19. The van der Waals surface area contributed by atoms with E-state index in [4.69, 9.17) is 4.74 Å². The van der Waals surface area contributed by atoms with Crippen molar-refractivity contribution in [3.63, 3.8) is 0 Å². The third kappa shape index (κ3) is 3.71. The van der Waals surface area contributed by atoms with Crippen LogP contribution in [0, 0.1) is 0 Å². The van der Waals surface area contributed by atoms with Gasteiger partial charge in [0.2, 0.25) is 0 Å². The number of H-pyrrole nitrogens is 1. The first-order valence-corrected chi connectivity index (χ1v) is 8.87. The number of aromatic nitrogens is 1. The van der Waals surface area contributed by atoms with Crippen LogP contribution in [0.4, 0.5) is 4.79 Å². The van der Waals surface area contributed by atoms with Crippen LogP contribution in [0.2, 0.25) is 0 Å². The van der Waals surface area contributed by atoms with Gasteiger partial charge >= 0.3 is 6.09 Å². The first kappa shape index (κ1) is 16.4. The van der Waals surface area contributed by atoms with Crippen LogP contribution in [-0.4, -0.2) is 34.7 Å². The Bertz CT molecular complexity index is 709. The van der Waals surface area contributed by atoms with Gasteiger partial charge in [-0.25, -0.2) is 4.79 Å². The lowest BCUT2D eigenvalue weighted by Crippen LogP contribution is -2.41. The summed E-state index contributed by atoms with van der Waals surface area (Å²) in [5.41, 5.74) is 2.08. The summed E-state index contributed by atoms with van der Waals surface area (Å²) in [4.78, 5) is 17.3. The maximum Gasteiger partial charge on any atom is 0.410 e. The summed E-state index contributed by atoms with van der Waals surface area (Å²) in [6.45, 7) is 7.21. The number of fused-ring (bicyclic) bond motifs is 1. The molecule has 2 heterocycles. The first-order chi connectivity index (χ1) is 10.8. The van der Waals surface area contributed by atoms with Crippen molar-refractivity contribution in [2.24, 2.45) is 0 Å². The Labute approximate surface area is 145 Å². The largest absolute Gasteiger partial charge is 0.444 e. The van der Waals surface area contributed by atoms with E-state index in [1.165, 1.54) is 10.9 Å². The van der Waals surface area contributed by atoms with Crippen LogP contribution in [0.1, 0.15) is 45.1 Å². The SMILES string of the molecule is CC(C)(C)OC(=O)N1CCC(c2c[nH]c3ccc(Br)cc23)CC1. The number of piperidine rings is 1. The summed E-state index contributed by atoms with van der Waals surface area (Å²) in [6, 6.07) is 6.31. The van der Waals surface area contributed by atoms with Gasteiger partial charge in [-0.3, -0.25) is 0 Å². The number of hydrogen-bond acceptors (Lipinski definition) is 2. The molecular weight excluding hydrogens is 356 g/mol. The van der Waals surface area contributed by atoms with Gasteiger partial charge < -0.3 is 14.6 Å². The van der Waals surface area contributed by atoms with Crippen molar-refractivity contribution in [1.82, 2.24) is 9.88 Å². The molecule has 0 aliphatic carbocycles. The molecule has 0 unspecified atom stereocenters. The third-order valence-corrected chi connectivity index (χ3v) is 4.76. The summed E-state index contributed by atoms with van der Waals surface area (Å²) in [5.74, 6) is 0.483. The Morgan fingerprint density at radius 1 is 1.30 bits per heavy atom. The lowest BCUT2D eigenvalue weighted by atomic mass is 9.89. The summed E-state index contributed by atoms with van der Waals surface area (Å²) in [6.07, 6.45) is 3.86. The van der Waals surface area contributed by atoms with Crippen LogP contribution in [0.25, 0.3) is 10.9 Å². The average molecular weight is 379 g/mol. The number of nitrogens with one attached hydrogen (secondary N) is 1. The van der Waals surface area contributed by atoms with E-state index in [0.717, 1.165) is 35.9 Å². The zero-order valence-corrected chi connectivity index (χ0v) is 15.4. The van der Waals surface area contributed by atoms with E-state index < -0.39 is 5.60 Å². The molecule has 1 saturated heterocycles. The van der Waals surface area contributed by atoms with E-state index in [2.05, 4.69) is 39.2 Å². The number of amides is 1. The van der Waals surface area contributed by atoms with Crippen molar-refractivity contribution < 1.29 is 9.53 Å². The topological polar surface area (TPSA) is 45.3 Å². The molecule has 1 aliphatic heterocycles. The number of rotatable bonds is 1. The summed E-state index contributed by atoms with van der Waals surface area (Å²) in [5, 5.41) is 1.27. The molecule has 124 valence electrons. The van der Waals surface area contributed by atoms with E-state index in [1.54, 1.807) is 0 Å². The Kier molecular flexibility index (Phi) is 4.41. The fourth-order valence-corrected chi connectivity index (χ4v) is 3.51. The summed E-state index contributed by atoms with van der Waals surface area (Å²) >= 11 is 3.55. The van der Waals surface area contributed by atoms with Gasteiger partial charge in [0.1, 0.15) is 5.60 Å². The fraction of sp³-hybridized carbons (Fsp3) is 0.500. The van der Waals surface area contributed by atoms with E-state index in [1.807, 2.05) is 31.7 Å². The summed E-state index contributed by atoms with van der Waals surface area (Å²) < 4.78 is 6.56. The maximum absolute atomic E-state index is 12.2. The molecule has 2 aromatic rings. The normalized spacial score (nSPS) is 16.8. The smallest absolute Gasteiger partial charge is 0.410 e.